The lowest BCUT2D eigenvalue weighted by Gasteiger charge is -2.43. The van der Waals surface area contributed by atoms with Crippen molar-refractivity contribution >= 4 is 17.5 Å². The lowest BCUT2D eigenvalue weighted by molar-refractivity contribution is -0.143. The second-order valence-corrected chi connectivity index (χ2v) is 11.1. The van der Waals surface area contributed by atoms with Gasteiger partial charge < -0.3 is 20.1 Å². The van der Waals surface area contributed by atoms with E-state index in [-0.39, 0.29) is 53.6 Å². The molecule has 5 rings (SSSR count). The molecule has 2 aromatic carbocycles. The van der Waals surface area contributed by atoms with Crippen LogP contribution in [0, 0.1) is 6.92 Å². The maximum atomic E-state index is 14.4. The molecule has 2 aromatic heterocycles. The summed E-state index contributed by atoms with van der Waals surface area (Å²) in [4.78, 5) is 33.5. The number of aliphatic hydroxyl groups is 1. The van der Waals surface area contributed by atoms with E-state index in [9.17, 15) is 27.9 Å². The first-order valence-electron chi connectivity index (χ1n) is 14.5. The number of nitrogens with zero attached hydrogens (tertiary/aromatic N) is 5. The number of amides is 2. The van der Waals surface area contributed by atoms with Gasteiger partial charge in [0.1, 0.15) is 11.3 Å². The van der Waals surface area contributed by atoms with Crippen LogP contribution in [-0.4, -0.2) is 80.7 Å². The zero-order chi connectivity index (χ0) is 32.5. The van der Waals surface area contributed by atoms with E-state index < -0.39 is 17.8 Å². The largest absolute Gasteiger partial charge is 0.497 e. The van der Waals surface area contributed by atoms with Crippen LogP contribution in [0.4, 0.5) is 13.2 Å². The molecule has 1 aliphatic rings. The fourth-order valence-corrected chi connectivity index (χ4v) is 5.88. The first kappa shape index (κ1) is 31.9. The van der Waals surface area contributed by atoms with Gasteiger partial charge in [-0.2, -0.15) is 18.3 Å². The second kappa shape index (κ2) is 12.9. The van der Waals surface area contributed by atoms with Gasteiger partial charge in [-0.05, 0) is 49.2 Å². The highest BCUT2D eigenvalue weighted by molar-refractivity contribution is 6.00. The maximum Gasteiger partial charge on any atom is 0.433 e. The Hall–Kier alpha value is -4.49. The molecule has 0 spiro atoms. The van der Waals surface area contributed by atoms with Crippen molar-refractivity contribution in [1.29, 1.82) is 0 Å². The van der Waals surface area contributed by atoms with E-state index in [1.807, 2.05) is 31.2 Å². The van der Waals surface area contributed by atoms with Gasteiger partial charge in [0, 0.05) is 50.3 Å². The van der Waals surface area contributed by atoms with Crippen molar-refractivity contribution < 1.29 is 32.6 Å². The Morgan fingerprint density at radius 3 is 2.51 bits per heavy atom. The number of benzene rings is 2. The first-order chi connectivity index (χ1) is 21.4. The molecule has 2 atom stereocenters. The molecular weight excluding hydrogens is 589 g/mol. The Morgan fingerprint density at radius 1 is 1.16 bits per heavy atom. The van der Waals surface area contributed by atoms with Gasteiger partial charge in [-0.1, -0.05) is 24.3 Å². The van der Waals surface area contributed by atoms with Crippen LogP contribution in [0.5, 0.6) is 5.75 Å². The van der Waals surface area contributed by atoms with Crippen molar-refractivity contribution in [3.05, 3.63) is 82.7 Å². The molecule has 1 fully saturated rings. The van der Waals surface area contributed by atoms with Crippen LogP contribution in [0.15, 0.2) is 54.7 Å². The molecule has 0 bridgehead atoms. The predicted octanol–water partition coefficient (Wildman–Crippen LogP) is 4.25. The summed E-state index contributed by atoms with van der Waals surface area (Å²) in [6, 6.07) is 13.4. The number of aromatic nitrogens is 3. The molecule has 2 N–H and O–H groups in total. The SMILES string of the molecule is COc1ccc(-c2nc3c(C(=O)N4CCN([C@@H](CO)c5cccc(CNC(C)=O)c5)C[C@H]4C)cnn3c(C(F)(F)F)c2C)cc1. The third-order valence-electron chi connectivity index (χ3n) is 8.16. The predicted molar refractivity (Wildman–Crippen MR) is 161 cm³/mol. The maximum absolute atomic E-state index is 14.4. The van der Waals surface area contributed by atoms with E-state index in [4.69, 9.17) is 4.74 Å². The Balaban J connectivity index is 1.43. The van der Waals surface area contributed by atoms with E-state index in [1.54, 1.807) is 29.2 Å². The molecule has 4 aromatic rings. The smallest absolute Gasteiger partial charge is 0.433 e. The summed E-state index contributed by atoms with van der Waals surface area (Å²) < 4.78 is 49.0. The normalized spacial score (nSPS) is 16.5. The topological polar surface area (TPSA) is 112 Å². The number of fused-ring (bicyclic) bond motifs is 1. The Bertz CT molecular complexity index is 1710. The number of halogens is 3. The van der Waals surface area contributed by atoms with Crippen molar-refractivity contribution in [3.8, 4) is 17.0 Å². The summed E-state index contributed by atoms with van der Waals surface area (Å²) in [6.45, 7) is 5.98. The monoisotopic (exact) mass is 624 g/mol. The number of hydrogen-bond acceptors (Lipinski definition) is 7. The van der Waals surface area contributed by atoms with Gasteiger partial charge in [0.05, 0.1) is 31.6 Å². The number of carbonyl (C=O) groups excluding carboxylic acids is 2. The first-order valence-corrected chi connectivity index (χ1v) is 14.5. The number of carbonyl (C=O) groups is 2. The van der Waals surface area contributed by atoms with E-state index in [2.05, 4.69) is 20.3 Å². The highest BCUT2D eigenvalue weighted by atomic mass is 19.4. The molecule has 238 valence electrons. The third kappa shape index (κ3) is 6.50. The molecule has 3 heterocycles. The second-order valence-electron chi connectivity index (χ2n) is 11.1. The zero-order valence-electron chi connectivity index (χ0n) is 25.4. The number of piperazine rings is 1. The highest BCUT2D eigenvalue weighted by Crippen LogP contribution is 2.37. The van der Waals surface area contributed by atoms with Crippen LogP contribution >= 0.6 is 0 Å². The van der Waals surface area contributed by atoms with Crippen LogP contribution in [-0.2, 0) is 17.5 Å². The molecule has 1 saturated heterocycles. The minimum atomic E-state index is -4.75. The van der Waals surface area contributed by atoms with Crippen LogP contribution < -0.4 is 10.1 Å². The molecule has 0 radical (unpaired) electrons. The molecule has 2 amide bonds. The van der Waals surface area contributed by atoms with Gasteiger partial charge in [-0.25, -0.2) is 9.50 Å². The standard InChI is InChI=1S/C32H35F3N6O4/c1-19-17-39(27(18-42)24-7-5-6-22(14-24)15-36-21(3)43)12-13-40(19)31(44)26-16-37-41-29(32(33,34)35)20(2)28(38-30(26)41)23-8-10-25(45-4)11-9-23/h5-11,14,16,19,27,42H,12-13,15,17-18H2,1-4H3,(H,36,43)/t19-,27+/m1/s1. The van der Waals surface area contributed by atoms with Crippen molar-refractivity contribution in [3.63, 3.8) is 0 Å². The number of aliphatic hydroxyl groups excluding tert-OH is 1. The summed E-state index contributed by atoms with van der Waals surface area (Å²) in [5.41, 5.74) is 0.992. The average molecular weight is 625 g/mol. The van der Waals surface area contributed by atoms with Crippen LogP contribution in [0.25, 0.3) is 16.9 Å². The average Bonchev–Trinajstić information content (AvgIpc) is 3.42. The fraction of sp³-hybridized carbons (Fsp3) is 0.375. The number of rotatable bonds is 8. The minimum absolute atomic E-state index is 0.0278. The van der Waals surface area contributed by atoms with Crippen LogP contribution in [0.1, 0.15) is 52.6 Å². The van der Waals surface area contributed by atoms with Crippen LogP contribution in [0.2, 0.25) is 0 Å². The van der Waals surface area contributed by atoms with Gasteiger partial charge in [-0.15, -0.1) is 0 Å². The van der Waals surface area contributed by atoms with E-state index in [0.29, 0.717) is 35.5 Å². The van der Waals surface area contributed by atoms with Crippen molar-refractivity contribution in [2.45, 2.75) is 45.6 Å². The minimum Gasteiger partial charge on any atom is -0.497 e. The fourth-order valence-electron chi connectivity index (χ4n) is 5.88. The van der Waals surface area contributed by atoms with Gasteiger partial charge in [-0.3, -0.25) is 14.5 Å². The third-order valence-corrected chi connectivity index (χ3v) is 8.16. The molecule has 0 unspecified atom stereocenters. The number of methoxy groups -OCH3 is 1. The summed E-state index contributed by atoms with van der Waals surface area (Å²) in [6.07, 6.45) is -3.61. The van der Waals surface area contributed by atoms with E-state index in [0.717, 1.165) is 17.3 Å². The number of ether oxygens (including phenoxy) is 1. The lowest BCUT2D eigenvalue weighted by Crippen LogP contribution is -2.55. The van der Waals surface area contributed by atoms with Crippen molar-refractivity contribution in [1.82, 2.24) is 29.7 Å². The molecule has 13 heteroatoms. The molecule has 0 saturated carbocycles. The number of hydrogen-bond donors (Lipinski definition) is 2. The molecular formula is C32H35F3N6O4. The quantitative estimate of drug-likeness (QED) is 0.302. The number of nitrogens with one attached hydrogen (secondary N) is 1. The van der Waals surface area contributed by atoms with E-state index in [1.165, 1.54) is 21.0 Å². The van der Waals surface area contributed by atoms with Crippen molar-refractivity contribution in [2.75, 3.05) is 33.4 Å². The number of alkyl halides is 3. The van der Waals surface area contributed by atoms with Crippen molar-refractivity contribution in [2.24, 2.45) is 0 Å². The summed E-state index contributed by atoms with van der Waals surface area (Å²) in [5, 5.41) is 17.1. The summed E-state index contributed by atoms with van der Waals surface area (Å²) in [7, 11) is 1.50. The summed E-state index contributed by atoms with van der Waals surface area (Å²) >= 11 is 0. The van der Waals surface area contributed by atoms with Gasteiger partial charge in [0.2, 0.25) is 5.91 Å². The molecule has 1 aliphatic heterocycles. The highest BCUT2D eigenvalue weighted by Gasteiger charge is 2.39. The van der Waals surface area contributed by atoms with E-state index >= 15 is 0 Å². The molecule has 45 heavy (non-hydrogen) atoms. The van der Waals surface area contributed by atoms with Gasteiger partial charge >= 0.3 is 6.18 Å². The zero-order valence-corrected chi connectivity index (χ0v) is 25.4. The van der Waals surface area contributed by atoms with Crippen LogP contribution in [0.3, 0.4) is 0 Å². The Kier molecular flexibility index (Phi) is 9.12. The van der Waals surface area contributed by atoms with Gasteiger partial charge in [0.15, 0.2) is 11.3 Å². The molecule has 0 aliphatic carbocycles. The lowest BCUT2D eigenvalue weighted by atomic mass is 10.0. The van der Waals surface area contributed by atoms with Gasteiger partial charge in [0.25, 0.3) is 5.91 Å². The molecule has 10 nitrogen and oxygen atoms in total. The Labute approximate surface area is 258 Å². The Morgan fingerprint density at radius 2 is 1.89 bits per heavy atom. The summed E-state index contributed by atoms with van der Waals surface area (Å²) in [5.74, 6) is -0.0694.